The number of nitro benzene ring substituents is 1. The summed E-state index contributed by atoms with van der Waals surface area (Å²) in [6, 6.07) is 1.60. The molecule has 15 heavy (non-hydrogen) atoms. The van der Waals surface area contributed by atoms with Crippen LogP contribution < -0.4 is 0 Å². The fourth-order valence-corrected chi connectivity index (χ4v) is 2.05. The van der Waals surface area contributed by atoms with Gasteiger partial charge in [-0.15, -0.1) is 0 Å². The summed E-state index contributed by atoms with van der Waals surface area (Å²) < 4.78 is 0. The van der Waals surface area contributed by atoms with E-state index in [1.165, 1.54) is 6.92 Å². The van der Waals surface area contributed by atoms with Crippen LogP contribution in [0.4, 0.5) is 5.69 Å². The highest BCUT2D eigenvalue weighted by molar-refractivity contribution is 6.68. The number of hydrogen-bond donors (Lipinski definition) is 0. The molecule has 1 rings (SSSR count). The van der Waals surface area contributed by atoms with Crippen molar-refractivity contribution in [3.05, 3.63) is 38.4 Å². The molecule has 4 nitrogen and oxygen atoms in total. The second-order valence-electron chi connectivity index (χ2n) is 3.39. The Kier molecular flexibility index (Phi) is 3.09. The molecule has 1 aromatic carbocycles. The highest BCUT2D eigenvalue weighted by atomic mass is 35.5. The van der Waals surface area contributed by atoms with Gasteiger partial charge in [0.2, 0.25) is 0 Å². The van der Waals surface area contributed by atoms with Crippen LogP contribution in [0.5, 0.6) is 0 Å². The van der Waals surface area contributed by atoms with Gasteiger partial charge in [-0.2, -0.15) is 0 Å². The molecule has 0 heterocycles. The van der Waals surface area contributed by atoms with Crippen molar-refractivity contribution in [1.82, 2.24) is 0 Å². The summed E-state index contributed by atoms with van der Waals surface area (Å²) >= 11 is 5.38. The Labute approximate surface area is 92.0 Å². The van der Waals surface area contributed by atoms with E-state index < -0.39 is 10.2 Å². The number of nitrogens with zero attached hydrogens (tertiary/aromatic N) is 1. The number of carbonyl (C=O) groups excluding carboxylic acids is 1. The molecular formula is C10H10ClNO3. The molecule has 0 saturated heterocycles. The van der Waals surface area contributed by atoms with E-state index in [0.29, 0.717) is 16.7 Å². The number of hydrogen-bond acceptors (Lipinski definition) is 3. The summed E-state index contributed by atoms with van der Waals surface area (Å²) in [5.41, 5.74) is 1.73. The van der Waals surface area contributed by atoms with Crippen LogP contribution in [0, 0.1) is 30.9 Å². The van der Waals surface area contributed by atoms with Crippen molar-refractivity contribution in [2.75, 3.05) is 0 Å². The topological polar surface area (TPSA) is 60.2 Å². The minimum atomic E-state index is -0.659. The predicted octanol–water partition coefficient (Wildman–Crippen LogP) is 2.90. The smallest absolute Gasteiger partial charge is 0.275 e. The van der Waals surface area contributed by atoms with Gasteiger partial charge in [0.05, 0.1) is 4.92 Å². The second kappa shape index (κ2) is 3.98. The standard InChI is InChI=1S/C10H10ClNO3/c1-5-4-6(2)9(12(14)15)7(3)8(5)10(11)13/h4H,1-3H3. The molecular weight excluding hydrogens is 218 g/mol. The van der Waals surface area contributed by atoms with Gasteiger partial charge in [-0.25, -0.2) is 0 Å². The Morgan fingerprint density at radius 2 is 1.87 bits per heavy atom. The Hall–Kier alpha value is -1.42. The largest absolute Gasteiger partial charge is 0.276 e. The normalized spacial score (nSPS) is 10.1. The third-order valence-electron chi connectivity index (χ3n) is 2.31. The molecule has 0 aromatic heterocycles. The van der Waals surface area contributed by atoms with Gasteiger partial charge < -0.3 is 0 Å². The maximum absolute atomic E-state index is 11.1. The van der Waals surface area contributed by atoms with Gasteiger partial charge in [-0.3, -0.25) is 14.9 Å². The van der Waals surface area contributed by atoms with Crippen molar-refractivity contribution >= 4 is 22.5 Å². The molecule has 0 unspecified atom stereocenters. The summed E-state index contributed by atoms with van der Waals surface area (Å²) in [6.07, 6.45) is 0. The van der Waals surface area contributed by atoms with E-state index in [-0.39, 0.29) is 11.3 Å². The molecule has 0 atom stereocenters. The summed E-state index contributed by atoms with van der Waals surface area (Å²) in [5.74, 6) is 0. The van der Waals surface area contributed by atoms with Gasteiger partial charge in [-0.1, -0.05) is 0 Å². The molecule has 80 valence electrons. The molecule has 1 aromatic rings. The number of halogens is 1. The number of benzene rings is 1. The molecule has 0 radical (unpaired) electrons. The molecule has 0 aliphatic heterocycles. The van der Waals surface area contributed by atoms with Crippen LogP contribution in [0.15, 0.2) is 6.07 Å². The number of aryl methyl sites for hydroxylation is 2. The molecule has 0 amide bonds. The highest BCUT2D eigenvalue weighted by Gasteiger charge is 2.22. The van der Waals surface area contributed by atoms with Gasteiger partial charge in [0, 0.05) is 16.7 Å². The fourth-order valence-electron chi connectivity index (χ4n) is 1.76. The molecule has 0 spiro atoms. The summed E-state index contributed by atoms with van der Waals surface area (Å²) in [6.45, 7) is 4.88. The van der Waals surface area contributed by atoms with Crippen LogP contribution in [0.1, 0.15) is 27.0 Å². The van der Waals surface area contributed by atoms with E-state index in [0.717, 1.165) is 0 Å². The average molecular weight is 228 g/mol. The van der Waals surface area contributed by atoms with Gasteiger partial charge in [0.1, 0.15) is 0 Å². The first-order chi connectivity index (χ1) is 6.86. The maximum atomic E-state index is 11.1. The summed E-state index contributed by atoms with van der Waals surface area (Å²) in [4.78, 5) is 21.4. The first kappa shape index (κ1) is 11.7. The van der Waals surface area contributed by atoms with Crippen molar-refractivity contribution < 1.29 is 9.72 Å². The van der Waals surface area contributed by atoms with Gasteiger partial charge in [0.25, 0.3) is 10.9 Å². The SMILES string of the molecule is Cc1cc(C)c([N+](=O)[O-])c(C)c1C(=O)Cl. The monoisotopic (exact) mass is 227 g/mol. The zero-order valence-electron chi connectivity index (χ0n) is 8.63. The third-order valence-corrected chi connectivity index (χ3v) is 2.50. The number of carbonyl (C=O) groups is 1. The van der Waals surface area contributed by atoms with Gasteiger partial charge >= 0.3 is 0 Å². The Morgan fingerprint density at radius 3 is 2.27 bits per heavy atom. The van der Waals surface area contributed by atoms with E-state index in [2.05, 4.69) is 0 Å². The quantitative estimate of drug-likeness (QED) is 0.443. The van der Waals surface area contributed by atoms with Crippen molar-refractivity contribution in [3.8, 4) is 0 Å². The van der Waals surface area contributed by atoms with Gasteiger partial charge in [0.15, 0.2) is 0 Å². The van der Waals surface area contributed by atoms with Crippen LogP contribution >= 0.6 is 11.6 Å². The highest BCUT2D eigenvalue weighted by Crippen LogP contribution is 2.29. The lowest BCUT2D eigenvalue weighted by molar-refractivity contribution is -0.386. The number of rotatable bonds is 2. The second-order valence-corrected chi connectivity index (χ2v) is 3.73. The van der Waals surface area contributed by atoms with E-state index in [9.17, 15) is 14.9 Å². The van der Waals surface area contributed by atoms with E-state index in [4.69, 9.17) is 11.6 Å². The van der Waals surface area contributed by atoms with Crippen molar-refractivity contribution in [1.29, 1.82) is 0 Å². The minimum Gasteiger partial charge on any atom is -0.276 e. The Bertz CT molecular complexity index is 416. The Balaban J connectivity index is 3.64. The molecule has 0 bridgehead atoms. The third kappa shape index (κ3) is 1.99. The molecule has 0 fully saturated rings. The van der Waals surface area contributed by atoms with Crippen LogP contribution in [0.3, 0.4) is 0 Å². The van der Waals surface area contributed by atoms with E-state index in [1.807, 2.05) is 0 Å². The lowest BCUT2D eigenvalue weighted by Gasteiger charge is -2.08. The first-order valence-electron chi connectivity index (χ1n) is 4.31. The molecule has 5 heteroatoms. The number of nitro groups is 1. The lowest BCUT2D eigenvalue weighted by atomic mass is 9.98. The van der Waals surface area contributed by atoms with Crippen molar-refractivity contribution in [3.63, 3.8) is 0 Å². The minimum absolute atomic E-state index is 0.0374. The lowest BCUT2D eigenvalue weighted by Crippen LogP contribution is -2.04. The van der Waals surface area contributed by atoms with E-state index in [1.54, 1.807) is 19.9 Å². The zero-order valence-corrected chi connectivity index (χ0v) is 9.38. The van der Waals surface area contributed by atoms with E-state index >= 15 is 0 Å². The van der Waals surface area contributed by atoms with Crippen LogP contribution in [-0.4, -0.2) is 10.2 Å². The maximum Gasteiger partial charge on any atom is 0.275 e. The molecule has 0 aliphatic rings. The van der Waals surface area contributed by atoms with Gasteiger partial charge in [-0.05, 0) is 44.0 Å². The van der Waals surface area contributed by atoms with Crippen molar-refractivity contribution in [2.24, 2.45) is 0 Å². The molecule has 0 aliphatic carbocycles. The van der Waals surface area contributed by atoms with Crippen LogP contribution in [0.25, 0.3) is 0 Å². The fraction of sp³-hybridized carbons (Fsp3) is 0.300. The van der Waals surface area contributed by atoms with Crippen molar-refractivity contribution in [2.45, 2.75) is 20.8 Å². The average Bonchev–Trinajstić information content (AvgIpc) is 1.99. The summed E-state index contributed by atoms with van der Waals surface area (Å²) in [7, 11) is 0. The zero-order chi connectivity index (χ0) is 11.7. The molecule has 0 N–H and O–H groups in total. The summed E-state index contributed by atoms with van der Waals surface area (Å²) in [5, 5.41) is 10.1. The Morgan fingerprint density at radius 1 is 1.33 bits per heavy atom. The predicted molar refractivity (Wildman–Crippen MR) is 57.5 cm³/mol. The van der Waals surface area contributed by atoms with Crippen LogP contribution in [0.2, 0.25) is 0 Å². The first-order valence-corrected chi connectivity index (χ1v) is 4.69. The molecule has 0 saturated carbocycles. The van der Waals surface area contributed by atoms with Crippen LogP contribution in [-0.2, 0) is 0 Å².